The van der Waals surface area contributed by atoms with Crippen LogP contribution in [0.15, 0.2) is 61.1 Å². The molecule has 10 heteroatoms. The van der Waals surface area contributed by atoms with E-state index < -0.39 is 0 Å². The lowest BCUT2D eigenvalue weighted by Crippen LogP contribution is -2.17. The lowest BCUT2D eigenvalue weighted by atomic mass is 10.1. The van der Waals surface area contributed by atoms with E-state index in [4.69, 9.17) is 4.98 Å². The fourth-order valence-electron chi connectivity index (χ4n) is 4.22. The van der Waals surface area contributed by atoms with Gasteiger partial charge in [-0.15, -0.1) is 11.3 Å². The summed E-state index contributed by atoms with van der Waals surface area (Å²) in [6, 6.07) is 13.5. The van der Waals surface area contributed by atoms with Crippen LogP contribution in [0.1, 0.15) is 30.4 Å². The van der Waals surface area contributed by atoms with Crippen LogP contribution < -0.4 is 5.32 Å². The Kier molecular flexibility index (Phi) is 5.80. The van der Waals surface area contributed by atoms with Crippen molar-refractivity contribution in [2.45, 2.75) is 20.8 Å². The molecule has 188 valence electrons. The van der Waals surface area contributed by atoms with Crippen LogP contribution >= 0.6 is 11.3 Å². The minimum Gasteiger partial charge on any atom is -0.338 e. The summed E-state index contributed by atoms with van der Waals surface area (Å²) in [5.74, 6) is -0.158. The minimum atomic E-state index is -0.135. The van der Waals surface area contributed by atoms with Crippen molar-refractivity contribution in [3.8, 4) is 33.1 Å². The number of pyridine rings is 3. The summed E-state index contributed by atoms with van der Waals surface area (Å²) in [5.41, 5.74) is 6.74. The predicted molar refractivity (Wildman–Crippen MR) is 149 cm³/mol. The number of hydrogen-bond acceptors (Lipinski definition) is 7. The summed E-state index contributed by atoms with van der Waals surface area (Å²) in [6.07, 6.45) is 5.09. The number of aromatic amines is 2. The number of hydrogen-bond donors (Lipinski definition) is 3. The second-order valence-electron chi connectivity index (χ2n) is 9.30. The Morgan fingerprint density at radius 1 is 1.05 bits per heavy atom. The van der Waals surface area contributed by atoms with Gasteiger partial charge in [0.2, 0.25) is 5.91 Å². The summed E-state index contributed by atoms with van der Waals surface area (Å²) < 4.78 is 0. The normalized spacial score (nSPS) is 11.5. The van der Waals surface area contributed by atoms with Crippen molar-refractivity contribution in [2.24, 2.45) is 5.92 Å². The molecular formula is C28H23N7O2S. The Bertz CT molecular complexity index is 1850. The van der Waals surface area contributed by atoms with Gasteiger partial charge in [0.1, 0.15) is 16.9 Å². The molecule has 0 aliphatic heterocycles. The maximum atomic E-state index is 12.1. The van der Waals surface area contributed by atoms with Gasteiger partial charge in [-0.2, -0.15) is 5.10 Å². The van der Waals surface area contributed by atoms with Gasteiger partial charge in [0.25, 0.3) is 0 Å². The van der Waals surface area contributed by atoms with Crippen molar-refractivity contribution in [3.05, 3.63) is 65.9 Å². The van der Waals surface area contributed by atoms with Gasteiger partial charge in [0, 0.05) is 39.7 Å². The van der Waals surface area contributed by atoms with Crippen LogP contribution in [0, 0.1) is 5.92 Å². The standard InChI is InChI=1S/C28H23N7O2S/c1-14(2)28(37)31-17-10-16(12-29-13-17)20-4-5-21-25(32-20)26(35-34-21)22-11-19-18(8-9-30-27(19)33-22)24-7-6-23(38-24)15(3)36/h4-14H,1-3H3,(H,30,33)(H,31,37)(H,34,35). The molecule has 0 saturated carbocycles. The van der Waals surface area contributed by atoms with E-state index >= 15 is 0 Å². The smallest absolute Gasteiger partial charge is 0.226 e. The molecule has 3 N–H and O–H groups in total. The average Bonchev–Trinajstić information content (AvgIpc) is 3.66. The number of Topliss-reactive ketones (excluding diaryl/α,β-unsaturated/α-hetero) is 1. The Hall–Kier alpha value is -4.70. The van der Waals surface area contributed by atoms with Gasteiger partial charge in [0.15, 0.2) is 5.78 Å². The van der Waals surface area contributed by atoms with E-state index in [1.807, 2.05) is 56.3 Å². The number of ketones is 1. The molecule has 38 heavy (non-hydrogen) atoms. The highest BCUT2D eigenvalue weighted by Crippen LogP contribution is 2.36. The number of nitrogens with zero attached hydrogens (tertiary/aromatic N) is 4. The molecule has 0 aromatic carbocycles. The van der Waals surface area contributed by atoms with Gasteiger partial charge < -0.3 is 10.3 Å². The van der Waals surface area contributed by atoms with Crippen LogP contribution in [0.5, 0.6) is 0 Å². The summed E-state index contributed by atoms with van der Waals surface area (Å²) in [5, 5.41) is 11.4. The lowest BCUT2D eigenvalue weighted by molar-refractivity contribution is -0.118. The summed E-state index contributed by atoms with van der Waals surface area (Å²) in [7, 11) is 0. The fraction of sp³-hybridized carbons (Fsp3) is 0.143. The average molecular weight is 522 g/mol. The van der Waals surface area contributed by atoms with Gasteiger partial charge in [-0.25, -0.2) is 9.97 Å². The van der Waals surface area contributed by atoms with Crippen LogP contribution in [-0.4, -0.2) is 41.8 Å². The molecule has 6 aromatic heterocycles. The number of anilines is 1. The molecule has 0 unspecified atom stereocenters. The van der Waals surface area contributed by atoms with E-state index in [0.717, 1.165) is 43.1 Å². The topological polar surface area (TPSA) is 129 Å². The number of amides is 1. The quantitative estimate of drug-likeness (QED) is 0.228. The van der Waals surface area contributed by atoms with E-state index in [-0.39, 0.29) is 17.6 Å². The Labute approximate surface area is 221 Å². The number of H-pyrrole nitrogens is 2. The zero-order chi connectivity index (χ0) is 26.4. The minimum absolute atomic E-state index is 0.0502. The first-order chi connectivity index (χ1) is 18.4. The fourth-order valence-corrected chi connectivity index (χ4v) is 5.16. The van der Waals surface area contributed by atoms with Crippen molar-refractivity contribution in [1.29, 1.82) is 0 Å². The number of aromatic nitrogens is 6. The van der Waals surface area contributed by atoms with Crippen LogP contribution in [-0.2, 0) is 4.79 Å². The van der Waals surface area contributed by atoms with Crippen molar-refractivity contribution >= 4 is 50.8 Å². The third-order valence-electron chi connectivity index (χ3n) is 6.24. The zero-order valence-electron chi connectivity index (χ0n) is 20.9. The van der Waals surface area contributed by atoms with Crippen molar-refractivity contribution < 1.29 is 9.59 Å². The van der Waals surface area contributed by atoms with Gasteiger partial charge >= 0.3 is 0 Å². The Balaban J connectivity index is 1.40. The predicted octanol–water partition coefficient (Wildman–Crippen LogP) is 6.09. The third-order valence-corrected chi connectivity index (χ3v) is 7.46. The number of carbonyl (C=O) groups excluding carboxylic acids is 2. The molecule has 6 rings (SSSR count). The van der Waals surface area contributed by atoms with E-state index in [2.05, 4.69) is 30.5 Å². The molecule has 0 radical (unpaired) electrons. The van der Waals surface area contributed by atoms with E-state index in [0.29, 0.717) is 22.6 Å². The highest BCUT2D eigenvalue weighted by atomic mass is 32.1. The monoisotopic (exact) mass is 521 g/mol. The van der Waals surface area contributed by atoms with Crippen LogP contribution in [0.4, 0.5) is 5.69 Å². The first-order valence-corrected chi connectivity index (χ1v) is 12.9. The van der Waals surface area contributed by atoms with Crippen LogP contribution in [0.25, 0.3) is 55.2 Å². The Morgan fingerprint density at radius 3 is 2.71 bits per heavy atom. The molecule has 0 aliphatic rings. The van der Waals surface area contributed by atoms with E-state index in [1.54, 1.807) is 25.5 Å². The highest BCUT2D eigenvalue weighted by Gasteiger charge is 2.17. The Morgan fingerprint density at radius 2 is 1.92 bits per heavy atom. The third kappa shape index (κ3) is 4.24. The summed E-state index contributed by atoms with van der Waals surface area (Å²) in [4.78, 5) is 42.7. The van der Waals surface area contributed by atoms with Crippen LogP contribution in [0.2, 0.25) is 0 Å². The lowest BCUT2D eigenvalue weighted by Gasteiger charge is -2.08. The van der Waals surface area contributed by atoms with Crippen molar-refractivity contribution in [1.82, 2.24) is 30.1 Å². The van der Waals surface area contributed by atoms with Gasteiger partial charge in [0.05, 0.1) is 33.7 Å². The number of carbonyl (C=O) groups is 2. The molecule has 0 saturated heterocycles. The van der Waals surface area contributed by atoms with Gasteiger partial charge in [-0.3, -0.25) is 19.7 Å². The summed E-state index contributed by atoms with van der Waals surface area (Å²) >= 11 is 1.47. The number of nitrogens with one attached hydrogen (secondary N) is 3. The van der Waals surface area contributed by atoms with E-state index in [1.165, 1.54) is 11.3 Å². The molecule has 9 nitrogen and oxygen atoms in total. The highest BCUT2D eigenvalue weighted by molar-refractivity contribution is 7.17. The van der Waals surface area contributed by atoms with Crippen LogP contribution in [0.3, 0.4) is 0 Å². The molecule has 0 aliphatic carbocycles. The SMILES string of the molecule is CC(=O)c1ccc(-c2ccnc3[nH]c(-c4n[nH]c5ccc(-c6cncc(NC(=O)C(C)C)c6)nc45)cc23)s1. The maximum absolute atomic E-state index is 12.1. The molecule has 1 amide bonds. The molecule has 6 heterocycles. The maximum Gasteiger partial charge on any atom is 0.226 e. The first kappa shape index (κ1) is 23.7. The van der Waals surface area contributed by atoms with Crippen molar-refractivity contribution in [2.75, 3.05) is 5.32 Å². The second kappa shape index (κ2) is 9.31. The molecule has 6 aromatic rings. The largest absolute Gasteiger partial charge is 0.338 e. The molecule has 0 spiro atoms. The number of rotatable bonds is 6. The van der Waals surface area contributed by atoms with Gasteiger partial charge in [-0.05, 0) is 49.4 Å². The molecule has 0 bridgehead atoms. The zero-order valence-corrected chi connectivity index (χ0v) is 21.7. The molecular weight excluding hydrogens is 498 g/mol. The number of thiophene rings is 1. The van der Waals surface area contributed by atoms with Gasteiger partial charge in [-0.1, -0.05) is 13.8 Å². The molecule has 0 atom stereocenters. The second-order valence-corrected chi connectivity index (χ2v) is 10.4. The molecule has 0 fully saturated rings. The first-order valence-electron chi connectivity index (χ1n) is 12.1. The number of fused-ring (bicyclic) bond motifs is 2. The van der Waals surface area contributed by atoms with E-state index in [9.17, 15) is 9.59 Å². The summed E-state index contributed by atoms with van der Waals surface area (Å²) in [6.45, 7) is 5.26. The van der Waals surface area contributed by atoms with Crippen molar-refractivity contribution in [3.63, 3.8) is 0 Å².